The van der Waals surface area contributed by atoms with Gasteiger partial charge in [-0.25, -0.2) is 0 Å². The van der Waals surface area contributed by atoms with Crippen LogP contribution in [0.3, 0.4) is 0 Å². The Labute approximate surface area is 216 Å². The highest BCUT2D eigenvalue weighted by Crippen LogP contribution is 2.27. The normalized spacial score (nSPS) is 19.3. The second-order valence-electron chi connectivity index (χ2n) is 10.7. The zero-order valence-electron chi connectivity index (χ0n) is 22.4. The Morgan fingerprint density at radius 1 is 0.889 bits per heavy atom. The molecule has 0 aliphatic carbocycles. The van der Waals surface area contributed by atoms with Gasteiger partial charge in [0.15, 0.2) is 0 Å². The van der Waals surface area contributed by atoms with E-state index in [2.05, 4.69) is 42.0 Å². The van der Waals surface area contributed by atoms with Gasteiger partial charge in [0.05, 0.1) is 0 Å². The van der Waals surface area contributed by atoms with Gasteiger partial charge >= 0.3 is 0 Å². The van der Waals surface area contributed by atoms with Crippen LogP contribution in [0.4, 0.5) is 5.69 Å². The van der Waals surface area contributed by atoms with E-state index in [-0.39, 0.29) is 17.9 Å². The molecule has 1 aromatic heterocycles. The monoisotopic (exact) mass is 493 g/mol. The number of aromatic nitrogens is 2. The predicted octanol–water partition coefficient (Wildman–Crippen LogP) is 5.28. The van der Waals surface area contributed by atoms with E-state index in [1.165, 1.54) is 37.7 Å². The molecule has 2 aliphatic heterocycles. The molecule has 1 aromatic carbocycles. The maximum atomic E-state index is 13.2. The molecular formula is C29H43N5O2. The van der Waals surface area contributed by atoms with Crippen LogP contribution >= 0.6 is 0 Å². The van der Waals surface area contributed by atoms with Crippen molar-refractivity contribution in [3.05, 3.63) is 47.8 Å². The standard InChI is InChI=1S/C29H43N5O2/c1-23(2)34-28(14-17-30-34)29(36)31-20-15-26(16-21-31)32-18-10-6-4-5-7-11-19-33(24(3)35)27-13-9-8-12-25(27)22-32/h8-9,12-14,17,23,26H,4-7,10-11,15-16,18-22H2,1-3H3. The number of amides is 2. The SMILES string of the molecule is CC(=O)N1CCCCCCCCN(C2CCN(C(=O)c3ccnn3C(C)C)CC2)Cc2ccccc21. The maximum Gasteiger partial charge on any atom is 0.272 e. The second kappa shape index (κ2) is 12.5. The van der Waals surface area contributed by atoms with Crippen LogP contribution in [0, 0.1) is 0 Å². The van der Waals surface area contributed by atoms with Crippen molar-refractivity contribution in [2.24, 2.45) is 0 Å². The lowest BCUT2D eigenvalue weighted by molar-refractivity contribution is -0.116. The summed E-state index contributed by atoms with van der Waals surface area (Å²) < 4.78 is 1.82. The lowest BCUT2D eigenvalue weighted by atomic mass is 10.0. The summed E-state index contributed by atoms with van der Waals surface area (Å²) in [6.45, 7) is 10.0. The summed E-state index contributed by atoms with van der Waals surface area (Å²) in [5.41, 5.74) is 2.97. The Kier molecular flexibility index (Phi) is 9.19. The number of nitrogens with zero attached hydrogens (tertiary/aromatic N) is 5. The Hall–Kier alpha value is -2.67. The van der Waals surface area contributed by atoms with Crippen molar-refractivity contribution in [3.8, 4) is 0 Å². The van der Waals surface area contributed by atoms with Crippen LogP contribution in [0.15, 0.2) is 36.5 Å². The van der Waals surface area contributed by atoms with E-state index in [4.69, 9.17) is 0 Å². The fraction of sp³-hybridized carbons (Fsp3) is 0.621. The first kappa shape index (κ1) is 26.4. The van der Waals surface area contributed by atoms with Gasteiger partial charge in [-0.1, -0.05) is 43.9 Å². The lowest BCUT2D eigenvalue weighted by Crippen LogP contribution is -2.47. The van der Waals surface area contributed by atoms with E-state index < -0.39 is 0 Å². The van der Waals surface area contributed by atoms with Crippen molar-refractivity contribution in [1.82, 2.24) is 19.6 Å². The highest BCUT2D eigenvalue weighted by molar-refractivity contribution is 5.93. The molecule has 2 aromatic rings. The summed E-state index contributed by atoms with van der Waals surface area (Å²) in [6.07, 6.45) is 10.9. The van der Waals surface area contributed by atoms with Gasteiger partial charge in [0, 0.05) is 57.1 Å². The number of carbonyl (C=O) groups is 2. The largest absolute Gasteiger partial charge is 0.337 e. The van der Waals surface area contributed by atoms with Gasteiger partial charge in [-0.05, 0) is 63.8 Å². The minimum absolute atomic E-state index is 0.0898. The first-order valence-electron chi connectivity index (χ1n) is 13.9. The number of likely N-dealkylation sites (tertiary alicyclic amines) is 1. The first-order chi connectivity index (χ1) is 17.5. The first-order valence-corrected chi connectivity index (χ1v) is 13.9. The number of carbonyl (C=O) groups excluding carboxylic acids is 2. The quantitative estimate of drug-likeness (QED) is 0.584. The number of anilines is 1. The van der Waals surface area contributed by atoms with Crippen LogP contribution in [-0.4, -0.2) is 63.6 Å². The molecule has 7 nitrogen and oxygen atoms in total. The van der Waals surface area contributed by atoms with Crippen LogP contribution in [0.5, 0.6) is 0 Å². The molecule has 7 heteroatoms. The molecule has 2 amide bonds. The van der Waals surface area contributed by atoms with E-state index in [1.54, 1.807) is 13.1 Å². The highest BCUT2D eigenvalue weighted by atomic mass is 16.2. The summed E-state index contributed by atoms with van der Waals surface area (Å²) in [6, 6.07) is 10.9. The van der Waals surface area contributed by atoms with Crippen molar-refractivity contribution in [2.75, 3.05) is 31.1 Å². The Balaban J connectivity index is 1.48. The van der Waals surface area contributed by atoms with Gasteiger partial charge in [0.1, 0.15) is 5.69 Å². The number of fused-ring (bicyclic) bond motifs is 1. The molecule has 3 heterocycles. The molecule has 0 atom stereocenters. The third kappa shape index (κ3) is 6.36. The molecule has 2 aliphatic rings. The van der Waals surface area contributed by atoms with Gasteiger partial charge in [-0.3, -0.25) is 19.2 Å². The molecule has 1 saturated heterocycles. The van der Waals surface area contributed by atoms with E-state index in [9.17, 15) is 9.59 Å². The number of para-hydroxylation sites is 1. The van der Waals surface area contributed by atoms with Crippen LogP contribution in [0.2, 0.25) is 0 Å². The number of rotatable bonds is 3. The van der Waals surface area contributed by atoms with Crippen molar-refractivity contribution in [1.29, 1.82) is 0 Å². The molecule has 0 saturated carbocycles. The average molecular weight is 494 g/mol. The topological polar surface area (TPSA) is 61.7 Å². The third-order valence-electron chi connectivity index (χ3n) is 7.76. The van der Waals surface area contributed by atoms with E-state index in [1.807, 2.05) is 26.6 Å². The van der Waals surface area contributed by atoms with Gasteiger partial charge in [-0.2, -0.15) is 5.10 Å². The highest BCUT2D eigenvalue weighted by Gasteiger charge is 2.29. The van der Waals surface area contributed by atoms with Crippen LogP contribution in [0.25, 0.3) is 0 Å². The average Bonchev–Trinajstić information content (AvgIpc) is 3.37. The molecule has 0 unspecified atom stereocenters. The molecule has 4 rings (SSSR count). The number of hydrogen-bond donors (Lipinski definition) is 0. The molecule has 0 radical (unpaired) electrons. The molecule has 0 N–H and O–H groups in total. The van der Waals surface area contributed by atoms with E-state index >= 15 is 0 Å². The molecule has 0 bridgehead atoms. The molecule has 1 fully saturated rings. The van der Waals surface area contributed by atoms with Crippen molar-refractivity contribution >= 4 is 17.5 Å². The number of benzene rings is 1. The Morgan fingerprint density at radius 2 is 1.56 bits per heavy atom. The number of hydrogen-bond acceptors (Lipinski definition) is 4. The Bertz CT molecular complexity index is 1010. The molecule has 0 spiro atoms. The second-order valence-corrected chi connectivity index (χ2v) is 10.7. The van der Waals surface area contributed by atoms with Gasteiger partial charge in [-0.15, -0.1) is 0 Å². The van der Waals surface area contributed by atoms with Crippen molar-refractivity contribution in [2.45, 2.75) is 90.8 Å². The van der Waals surface area contributed by atoms with Crippen LogP contribution < -0.4 is 4.90 Å². The van der Waals surface area contributed by atoms with Gasteiger partial charge < -0.3 is 9.80 Å². The van der Waals surface area contributed by atoms with Gasteiger partial charge in [0.2, 0.25) is 5.91 Å². The summed E-state index contributed by atoms with van der Waals surface area (Å²) in [4.78, 5) is 32.4. The Morgan fingerprint density at radius 3 is 2.25 bits per heavy atom. The minimum Gasteiger partial charge on any atom is -0.337 e. The zero-order chi connectivity index (χ0) is 25.5. The molecule has 196 valence electrons. The van der Waals surface area contributed by atoms with Crippen LogP contribution in [-0.2, 0) is 11.3 Å². The summed E-state index contributed by atoms with van der Waals surface area (Å²) in [5.74, 6) is 0.211. The molecule has 36 heavy (non-hydrogen) atoms. The lowest BCUT2D eigenvalue weighted by Gasteiger charge is -2.39. The fourth-order valence-electron chi connectivity index (χ4n) is 5.75. The number of piperidine rings is 1. The summed E-state index contributed by atoms with van der Waals surface area (Å²) >= 11 is 0. The van der Waals surface area contributed by atoms with E-state index in [0.717, 1.165) is 57.7 Å². The zero-order valence-corrected chi connectivity index (χ0v) is 22.4. The maximum absolute atomic E-state index is 13.2. The fourth-order valence-corrected chi connectivity index (χ4v) is 5.75. The van der Waals surface area contributed by atoms with Crippen LogP contribution in [0.1, 0.15) is 94.2 Å². The summed E-state index contributed by atoms with van der Waals surface area (Å²) in [5, 5.41) is 4.35. The third-order valence-corrected chi connectivity index (χ3v) is 7.76. The predicted molar refractivity (Wildman–Crippen MR) is 144 cm³/mol. The van der Waals surface area contributed by atoms with Crippen molar-refractivity contribution in [3.63, 3.8) is 0 Å². The summed E-state index contributed by atoms with van der Waals surface area (Å²) in [7, 11) is 0. The minimum atomic E-state index is 0.0898. The van der Waals surface area contributed by atoms with Gasteiger partial charge in [0.25, 0.3) is 5.91 Å². The molecular weight excluding hydrogens is 450 g/mol. The van der Waals surface area contributed by atoms with E-state index in [0.29, 0.717) is 11.7 Å². The van der Waals surface area contributed by atoms with Crippen molar-refractivity contribution < 1.29 is 9.59 Å². The smallest absolute Gasteiger partial charge is 0.272 e.